The van der Waals surface area contributed by atoms with Gasteiger partial charge in [0, 0.05) is 25.0 Å². The molecule has 0 spiro atoms. The number of halogens is 1. The third-order valence-corrected chi connectivity index (χ3v) is 6.56. The molecule has 6 heteroatoms. The lowest BCUT2D eigenvalue weighted by Crippen LogP contribution is -2.39. The Kier molecular flexibility index (Phi) is 7.31. The van der Waals surface area contributed by atoms with E-state index in [9.17, 15) is 14.0 Å². The molecule has 0 radical (unpaired) electrons. The van der Waals surface area contributed by atoms with Crippen molar-refractivity contribution in [2.75, 3.05) is 24.7 Å². The van der Waals surface area contributed by atoms with Gasteiger partial charge in [-0.3, -0.25) is 9.59 Å². The van der Waals surface area contributed by atoms with Gasteiger partial charge in [-0.25, -0.2) is 4.39 Å². The Balaban J connectivity index is 1.69. The zero-order valence-electron chi connectivity index (χ0n) is 16.9. The summed E-state index contributed by atoms with van der Waals surface area (Å²) in [6.45, 7) is 0. The molecule has 2 aromatic carbocycles. The highest BCUT2D eigenvalue weighted by Gasteiger charge is 2.23. The molecule has 2 aromatic rings. The van der Waals surface area contributed by atoms with Gasteiger partial charge >= 0.3 is 0 Å². The Morgan fingerprint density at radius 1 is 1.00 bits per heavy atom. The molecule has 0 heterocycles. The Morgan fingerprint density at radius 3 is 2.38 bits per heavy atom. The summed E-state index contributed by atoms with van der Waals surface area (Å²) in [4.78, 5) is 29.6. The van der Waals surface area contributed by atoms with Crippen molar-refractivity contribution < 1.29 is 14.0 Å². The molecule has 0 bridgehead atoms. The number of rotatable bonds is 6. The first-order valence-corrected chi connectivity index (χ1v) is 11.0. The second-order valence-corrected chi connectivity index (χ2v) is 8.41. The minimum absolute atomic E-state index is 0.0756. The zero-order chi connectivity index (χ0) is 20.8. The van der Waals surface area contributed by atoms with Crippen LogP contribution in [0.1, 0.15) is 42.5 Å². The highest BCUT2D eigenvalue weighted by molar-refractivity contribution is 8.00. The predicted molar refractivity (Wildman–Crippen MR) is 116 cm³/mol. The van der Waals surface area contributed by atoms with Gasteiger partial charge in [-0.1, -0.05) is 43.5 Å². The van der Waals surface area contributed by atoms with Crippen molar-refractivity contribution in [1.82, 2.24) is 4.90 Å². The molecule has 2 amide bonds. The standard InChI is InChI=1S/C23H27FN2O2S/c1-25(17-10-4-3-5-11-17)22(27)16-29-21-15-9-6-12-18(21)23(28)26(2)20-14-8-7-13-19(20)24/h6-9,12-15,17H,3-5,10-11,16H2,1-2H3. The molecular weight excluding hydrogens is 387 g/mol. The van der Waals surface area contributed by atoms with Crippen molar-refractivity contribution in [2.45, 2.75) is 43.0 Å². The number of carbonyl (C=O) groups is 2. The molecule has 1 aliphatic carbocycles. The maximum Gasteiger partial charge on any atom is 0.259 e. The van der Waals surface area contributed by atoms with E-state index in [-0.39, 0.29) is 23.3 Å². The van der Waals surface area contributed by atoms with Crippen LogP contribution < -0.4 is 4.90 Å². The number of anilines is 1. The number of nitrogens with zero attached hydrogens (tertiary/aromatic N) is 2. The van der Waals surface area contributed by atoms with Crippen LogP contribution >= 0.6 is 11.8 Å². The van der Waals surface area contributed by atoms with Gasteiger partial charge in [-0.2, -0.15) is 0 Å². The lowest BCUT2D eigenvalue weighted by atomic mass is 9.94. The monoisotopic (exact) mass is 414 g/mol. The molecule has 4 nitrogen and oxygen atoms in total. The van der Waals surface area contributed by atoms with Crippen molar-refractivity contribution in [3.8, 4) is 0 Å². The summed E-state index contributed by atoms with van der Waals surface area (Å²) in [5.74, 6) is -0.392. The molecule has 0 atom stereocenters. The van der Waals surface area contributed by atoms with Crippen molar-refractivity contribution in [3.63, 3.8) is 0 Å². The zero-order valence-corrected chi connectivity index (χ0v) is 17.8. The Hall–Kier alpha value is -2.34. The van der Waals surface area contributed by atoms with Crippen molar-refractivity contribution in [1.29, 1.82) is 0 Å². The second-order valence-electron chi connectivity index (χ2n) is 7.40. The van der Waals surface area contributed by atoms with Crippen LogP contribution in [0, 0.1) is 5.82 Å². The van der Waals surface area contributed by atoms with Gasteiger partial charge in [0.1, 0.15) is 5.82 Å². The number of thioether (sulfide) groups is 1. The van der Waals surface area contributed by atoms with Crippen LogP contribution in [0.2, 0.25) is 0 Å². The summed E-state index contributed by atoms with van der Waals surface area (Å²) in [5.41, 5.74) is 0.696. The molecule has 0 N–H and O–H groups in total. The van der Waals surface area contributed by atoms with E-state index in [0.29, 0.717) is 11.6 Å². The second kappa shape index (κ2) is 9.92. The predicted octanol–water partition coefficient (Wildman–Crippen LogP) is 4.99. The van der Waals surface area contributed by atoms with Crippen LogP contribution in [0.25, 0.3) is 0 Å². The Labute approximate surface area is 176 Å². The molecule has 154 valence electrons. The fourth-order valence-corrected chi connectivity index (χ4v) is 4.66. The van der Waals surface area contributed by atoms with E-state index in [0.717, 1.165) is 17.7 Å². The van der Waals surface area contributed by atoms with Crippen LogP contribution in [0.5, 0.6) is 0 Å². The maximum atomic E-state index is 14.1. The minimum Gasteiger partial charge on any atom is -0.342 e. The van der Waals surface area contributed by atoms with Gasteiger partial charge in [0.15, 0.2) is 0 Å². The number of hydrogen-bond donors (Lipinski definition) is 0. The number of carbonyl (C=O) groups excluding carboxylic acids is 2. The average Bonchev–Trinajstić information content (AvgIpc) is 2.77. The largest absolute Gasteiger partial charge is 0.342 e. The van der Waals surface area contributed by atoms with E-state index < -0.39 is 5.82 Å². The molecule has 3 rings (SSSR count). The summed E-state index contributed by atoms with van der Waals surface area (Å²) >= 11 is 1.36. The van der Waals surface area contributed by atoms with Gasteiger partial charge in [0.05, 0.1) is 17.0 Å². The van der Waals surface area contributed by atoms with Crippen molar-refractivity contribution >= 4 is 29.3 Å². The van der Waals surface area contributed by atoms with E-state index in [2.05, 4.69) is 0 Å². The summed E-state index contributed by atoms with van der Waals surface area (Å²) in [6, 6.07) is 13.7. The minimum atomic E-state index is -0.447. The molecule has 1 fully saturated rings. The van der Waals surface area contributed by atoms with Gasteiger partial charge in [-0.15, -0.1) is 11.8 Å². The Bertz CT molecular complexity index is 867. The first kappa shape index (κ1) is 21.4. The lowest BCUT2D eigenvalue weighted by molar-refractivity contribution is -0.129. The van der Waals surface area contributed by atoms with Crippen molar-refractivity contribution in [3.05, 3.63) is 59.9 Å². The fraction of sp³-hybridized carbons (Fsp3) is 0.391. The summed E-state index contributed by atoms with van der Waals surface area (Å²) in [7, 11) is 3.44. The molecule has 0 aliphatic heterocycles. The quantitative estimate of drug-likeness (QED) is 0.626. The molecule has 29 heavy (non-hydrogen) atoms. The summed E-state index contributed by atoms with van der Waals surface area (Å²) in [6.07, 6.45) is 5.73. The average molecular weight is 415 g/mol. The SMILES string of the molecule is CN(C(=O)c1ccccc1SCC(=O)N(C)C1CCCCC1)c1ccccc1F. The molecule has 0 saturated heterocycles. The summed E-state index contributed by atoms with van der Waals surface area (Å²) in [5, 5.41) is 0. The smallest absolute Gasteiger partial charge is 0.259 e. The lowest BCUT2D eigenvalue weighted by Gasteiger charge is -2.31. The van der Waals surface area contributed by atoms with E-state index in [4.69, 9.17) is 0 Å². The third-order valence-electron chi connectivity index (χ3n) is 5.50. The van der Waals surface area contributed by atoms with E-state index in [1.807, 2.05) is 24.1 Å². The van der Waals surface area contributed by atoms with Gasteiger partial charge < -0.3 is 9.80 Å². The van der Waals surface area contributed by atoms with Gasteiger partial charge in [0.25, 0.3) is 5.91 Å². The maximum absolute atomic E-state index is 14.1. The number of hydrogen-bond acceptors (Lipinski definition) is 3. The molecule has 0 aromatic heterocycles. The van der Waals surface area contributed by atoms with Crippen LogP contribution in [-0.4, -0.2) is 42.6 Å². The Morgan fingerprint density at radius 2 is 1.66 bits per heavy atom. The van der Waals surface area contributed by atoms with Crippen LogP contribution in [0.4, 0.5) is 10.1 Å². The molecule has 1 saturated carbocycles. The van der Waals surface area contributed by atoms with Crippen LogP contribution in [0.3, 0.4) is 0 Å². The fourth-order valence-electron chi connectivity index (χ4n) is 3.70. The number of amides is 2. The normalized spacial score (nSPS) is 14.4. The van der Waals surface area contributed by atoms with Gasteiger partial charge in [-0.05, 0) is 37.1 Å². The molecule has 1 aliphatic rings. The summed E-state index contributed by atoms with van der Waals surface area (Å²) < 4.78 is 14.1. The van der Waals surface area contributed by atoms with Crippen LogP contribution in [0.15, 0.2) is 53.4 Å². The highest BCUT2D eigenvalue weighted by Crippen LogP contribution is 2.28. The number of benzene rings is 2. The first-order valence-electron chi connectivity index (χ1n) is 9.99. The highest BCUT2D eigenvalue weighted by atomic mass is 32.2. The molecular formula is C23H27FN2O2S. The van der Waals surface area contributed by atoms with E-state index in [1.54, 1.807) is 37.4 Å². The van der Waals surface area contributed by atoms with Crippen molar-refractivity contribution in [2.24, 2.45) is 0 Å². The number of para-hydroxylation sites is 1. The van der Waals surface area contributed by atoms with E-state index in [1.165, 1.54) is 42.0 Å². The first-order chi connectivity index (χ1) is 14.0. The third kappa shape index (κ3) is 5.18. The topological polar surface area (TPSA) is 40.6 Å². The van der Waals surface area contributed by atoms with E-state index >= 15 is 0 Å². The van der Waals surface area contributed by atoms with Gasteiger partial charge in [0.2, 0.25) is 5.91 Å². The van der Waals surface area contributed by atoms with Crippen LogP contribution in [-0.2, 0) is 4.79 Å². The molecule has 0 unspecified atom stereocenters.